The maximum absolute atomic E-state index is 12.5. The van der Waals surface area contributed by atoms with E-state index in [9.17, 15) is 4.79 Å². The van der Waals surface area contributed by atoms with Crippen LogP contribution in [-0.4, -0.2) is 40.6 Å². The number of carbonyl (C=O) groups is 1. The first-order chi connectivity index (χ1) is 15.7. The van der Waals surface area contributed by atoms with Crippen LogP contribution in [0.2, 0.25) is 0 Å². The minimum Gasteiger partial charge on any atom is -0.375 e. The lowest BCUT2D eigenvalue weighted by Crippen LogP contribution is -2.28. The minimum absolute atomic E-state index is 0.0575. The van der Waals surface area contributed by atoms with Crippen LogP contribution < -0.4 is 10.2 Å². The normalized spacial score (nSPS) is 11.4. The van der Waals surface area contributed by atoms with Gasteiger partial charge in [-0.2, -0.15) is 0 Å². The lowest BCUT2D eigenvalue weighted by Gasteiger charge is -2.19. The average Bonchev–Trinajstić information content (AvgIpc) is 3.42. The topological polar surface area (TPSA) is 65.9 Å². The molecule has 2 N–H and O–H groups in total. The molecule has 6 nitrogen and oxygen atoms in total. The van der Waals surface area contributed by atoms with Gasteiger partial charge in [0.05, 0.1) is 17.4 Å². The maximum atomic E-state index is 12.5. The highest BCUT2D eigenvalue weighted by molar-refractivity contribution is 6.09. The van der Waals surface area contributed by atoms with E-state index in [2.05, 4.69) is 81.2 Å². The molecule has 0 radical (unpaired) electrons. The predicted molar refractivity (Wildman–Crippen MR) is 131 cm³/mol. The number of hydrogen-bond donors (Lipinski definition) is 2. The second-order valence-electron chi connectivity index (χ2n) is 8.13. The van der Waals surface area contributed by atoms with Gasteiger partial charge in [-0.3, -0.25) is 4.79 Å². The van der Waals surface area contributed by atoms with Crippen LogP contribution in [0.4, 0.5) is 5.69 Å². The highest BCUT2D eigenvalue weighted by Gasteiger charge is 2.11. The summed E-state index contributed by atoms with van der Waals surface area (Å²) >= 11 is 0. The second kappa shape index (κ2) is 8.38. The second-order valence-corrected chi connectivity index (χ2v) is 8.13. The summed E-state index contributed by atoms with van der Waals surface area (Å²) in [6.07, 6.45) is 2.50. The van der Waals surface area contributed by atoms with Gasteiger partial charge >= 0.3 is 0 Å². The van der Waals surface area contributed by atoms with E-state index in [1.807, 2.05) is 18.2 Å². The van der Waals surface area contributed by atoms with E-state index in [0.29, 0.717) is 12.1 Å². The molecule has 162 valence electrons. The number of aromatic nitrogens is 3. The number of imidazole rings is 1. The Labute approximate surface area is 186 Å². The minimum atomic E-state index is -0.0575. The summed E-state index contributed by atoms with van der Waals surface area (Å²) in [7, 11) is 2.11. The van der Waals surface area contributed by atoms with Crippen LogP contribution in [0.25, 0.3) is 32.8 Å². The maximum Gasteiger partial charge on any atom is 0.251 e. The van der Waals surface area contributed by atoms with Crippen molar-refractivity contribution in [2.75, 3.05) is 25.0 Å². The van der Waals surface area contributed by atoms with Crippen molar-refractivity contribution in [3.63, 3.8) is 0 Å². The molecule has 0 spiro atoms. The molecular formula is C26H27N5O. The van der Waals surface area contributed by atoms with E-state index in [-0.39, 0.29) is 5.91 Å². The van der Waals surface area contributed by atoms with Gasteiger partial charge in [-0.1, -0.05) is 18.2 Å². The molecule has 0 unspecified atom stereocenters. The standard InChI is InChI=1S/C26H27N5O/c1-3-31-24-8-5-4-7-20(24)21-16-19(10-12-25(21)31)30(2)14-6-13-27-26(32)18-9-11-22-23(15-18)29-17-28-22/h4-5,7-12,15-17H,3,6,13-14H2,1-2H3,(H,27,32)(H,28,29). The summed E-state index contributed by atoms with van der Waals surface area (Å²) < 4.78 is 2.37. The fourth-order valence-electron chi connectivity index (χ4n) is 4.45. The lowest BCUT2D eigenvalue weighted by atomic mass is 10.1. The molecule has 2 aromatic heterocycles. The van der Waals surface area contributed by atoms with Crippen LogP contribution in [0.5, 0.6) is 0 Å². The summed E-state index contributed by atoms with van der Waals surface area (Å²) in [6, 6.07) is 20.8. The number of amides is 1. The van der Waals surface area contributed by atoms with Gasteiger partial charge in [0.1, 0.15) is 0 Å². The number of nitrogens with zero attached hydrogens (tertiary/aromatic N) is 3. The SMILES string of the molecule is CCn1c2ccccc2c2cc(N(C)CCCNC(=O)c3ccc4nc[nH]c4c3)ccc21. The van der Waals surface area contributed by atoms with E-state index in [1.54, 1.807) is 6.33 Å². The van der Waals surface area contributed by atoms with Crippen LogP contribution in [0.3, 0.4) is 0 Å². The molecule has 0 bridgehead atoms. The van der Waals surface area contributed by atoms with Crippen molar-refractivity contribution < 1.29 is 4.79 Å². The Bertz CT molecular complexity index is 1410. The highest BCUT2D eigenvalue weighted by Crippen LogP contribution is 2.31. The molecule has 1 amide bonds. The zero-order valence-electron chi connectivity index (χ0n) is 18.4. The zero-order chi connectivity index (χ0) is 22.1. The van der Waals surface area contributed by atoms with Crippen LogP contribution >= 0.6 is 0 Å². The summed E-state index contributed by atoms with van der Waals surface area (Å²) in [6.45, 7) is 4.62. The highest BCUT2D eigenvalue weighted by atomic mass is 16.1. The number of carbonyl (C=O) groups excluding carboxylic acids is 1. The quantitative estimate of drug-likeness (QED) is 0.363. The Morgan fingerprint density at radius 3 is 2.78 bits per heavy atom. The van der Waals surface area contributed by atoms with Crippen molar-refractivity contribution in [3.05, 3.63) is 72.6 Å². The third-order valence-electron chi connectivity index (χ3n) is 6.15. The molecule has 0 aliphatic heterocycles. The van der Waals surface area contributed by atoms with E-state index in [0.717, 1.165) is 30.5 Å². The van der Waals surface area contributed by atoms with Crippen molar-refractivity contribution in [1.82, 2.24) is 19.9 Å². The zero-order valence-corrected chi connectivity index (χ0v) is 18.4. The number of fused-ring (bicyclic) bond motifs is 4. The molecule has 0 saturated heterocycles. The third kappa shape index (κ3) is 3.58. The number of aromatic amines is 1. The largest absolute Gasteiger partial charge is 0.375 e. The van der Waals surface area contributed by atoms with Gasteiger partial charge in [-0.05, 0) is 55.8 Å². The number of hydrogen-bond acceptors (Lipinski definition) is 3. The van der Waals surface area contributed by atoms with Crippen LogP contribution in [0.1, 0.15) is 23.7 Å². The van der Waals surface area contributed by atoms with Gasteiger partial charge in [0.15, 0.2) is 0 Å². The molecule has 0 aliphatic carbocycles. The number of benzene rings is 3. The monoisotopic (exact) mass is 425 g/mol. The summed E-state index contributed by atoms with van der Waals surface area (Å²) in [5.41, 5.74) is 6.12. The molecule has 0 aliphatic rings. The molecule has 0 fully saturated rings. The van der Waals surface area contributed by atoms with Gasteiger partial charge in [-0.15, -0.1) is 0 Å². The molecule has 0 saturated carbocycles. The van der Waals surface area contributed by atoms with Crippen LogP contribution in [0.15, 0.2) is 67.0 Å². The first-order valence-electron chi connectivity index (χ1n) is 11.1. The van der Waals surface area contributed by atoms with Crippen molar-refractivity contribution in [3.8, 4) is 0 Å². The Kier molecular flexibility index (Phi) is 5.27. The average molecular weight is 426 g/mol. The number of anilines is 1. The molecule has 3 aromatic carbocycles. The van der Waals surface area contributed by atoms with Crippen molar-refractivity contribution in [2.24, 2.45) is 0 Å². The summed E-state index contributed by atoms with van der Waals surface area (Å²) in [5.74, 6) is -0.0575. The van der Waals surface area contributed by atoms with E-state index in [4.69, 9.17) is 0 Å². The third-order valence-corrected chi connectivity index (χ3v) is 6.15. The molecule has 32 heavy (non-hydrogen) atoms. The van der Waals surface area contributed by atoms with Gasteiger partial charge in [0.2, 0.25) is 0 Å². The van der Waals surface area contributed by atoms with Crippen molar-refractivity contribution in [2.45, 2.75) is 19.9 Å². The number of para-hydroxylation sites is 1. The van der Waals surface area contributed by atoms with Gasteiger partial charge in [0.25, 0.3) is 5.91 Å². The van der Waals surface area contributed by atoms with E-state index >= 15 is 0 Å². The number of rotatable bonds is 7. The Morgan fingerprint density at radius 1 is 1.06 bits per heavy atom. The molecule has 2 heterocycles. The Hall–Kier alpha value is -3.80. The molecule has 5 rings (SSSR count). The fourth-order valence-corrected chi connectivity index (χ4v) is 4.45. The van der Waals surface area contributed by atoms with Crippen LogP contribution in [0, 0.1) is 0 Å². The number of H-pyrrole nitrogens is 1. The van der Waals surface area contributed by atoms with Gasteiger partial charge in [0, 0.05) is 59.7 Å². The fraction of sp³-hybridized carbons (Fsp3) is 0.231. The Morgan fingerprint density at radius 2 is 1.91 bits per heavy atom. The van der Waals surface area contributed by atoms with Crippen molar-refractivity contribution in [1.29, 1.82) is 0 Å². The van der Waals surface area contributed by atoms with E-state index < -0.39 is 0 Å². The smallest absolute Gasteiger partial charge is 0.251 e. The van der Waals surface area contributed by atoms with Gasteiger partial charge in [-0.25, -0.2) is 4.98 Å². The van der Waals surface area contributed by atoms with Crippen molar-refractivity contribution >= 4 is 44.4 Å². The molecule has 6 heteroatoms. The molecule has 0 atom stereocenters. The summed E-state index contributed by atoms with van der Waals surface area (Å²) in [4.78, 5) is 22.0. The summed E-state index contributed by atoms with van der Waals surface area (Å²) in [5, 5.41) is 5.60. The number of nitrogens with one attached hydrogen (secondary N) is 2. The van der Waals surface area contributed by atoms with Crippen LogP contribution in [-0.2, 0) is 6.54 Å². The molecular weight excluding hydrogens is 398 g/mol. The first-order valence-corrected chi connectivity index (χ1v) is 11.1. The Balaban J connectivity index is 1.23. The number of aryl methyl sites for hydroxylation is 1. The first kappa shape index (κ1) is 20.1. The predicted octanol–water partition coefficient (Wildman–Crippen LogP) is 4.95. The molecule has 5 aromatic rings. The lowest BCUT2D eigenvalue weighted by molar-refractivity contribution is 0.0953. The van der Waals surface area contributed by atoms with E-state index in [1.165, 1.54) is 27.5 Å². The van der Waals surface area contributed by atoms with Gasteiger partial charge < -0.3 is 19.8 Å².